The quantitative estimate of drug-likeness (QED) is 0.793. The third kappa shape index (κ3) is 3.00. The highest BCUT2D eigenvalue weighted by Crippen LogP contribution is 2.24. The van der Waals surface area contributed by atoms with Crippen LogP contribution in [0.1, 0.15) is 43.0 Å². The summed E-state index contributed by atoms with van der Waals surface area (Å²) >= 11 is 0. The Morgan fingerprint density at radius 3 is 2.89 bits per heavy atom. The average molecular weight is 250 g/mol. The van der Waals surface area contributed by atoms with Crippen molar-refractivity contribution in [3.05, 3.63) is 29.6 Å². The molecule has 1 aliphatic rings. The van der Waals surface area contributed by atoms with Crippen LogP contribution < -0.4 is 11.1 Å². The number of rotatable bonds is 2. The van der Waals surface area contributed by atoms with Crippen LogP contribution in [0.3, 0.4) is 0 Å². The molecule has 3 nitrogen and oxygen atoms in total. The molecule has 3 N–H and O–H groups in total. The highest BCUT2D eigenvalue weighted by Gasteiger charge is 2.21. The fraction of sp³-hybridized carbons (Fsp3) is 0.500. The number of nitrogens with two attached hydrogens (primary N) is 1. The Hall–Kier alpha value is -1.58. The van der Waals surface area contributed by atoms with Crippen LogP contribution in [-0.2, 0) is 0 Å². The van der Waals surface area contributed by atoms with E-state index < -0.39 is 5.82 Å². The van der Waals surface area contributed by atoms with Gasteiger partial charge in [-0.05, 0) is 37.0 Å². The van der Waals surface area contributed by atoms with Gasteiger partial charge in [-0.1, -0.05) is 19.8 Å². The van der Waals surface area contributed by atoms with E-state index in [0.717, 1.165) is 19.3 Å². The van der Waals surface area contributed by atoms with Crippen molar-refractivity contribution >= 4 is 11.6 Å². The molecule has 18 heavy (non-hydrogen) atoms. The van der Waals surface area contributed by atoms with E-state index in [0.29, 0.717) is 11.5 Å². The molecule has 1 fully saturated rings. The van der Waals surface area contributed by atoms with Gasteiger partial charge in [-0.15, -0.1) is 0 Å². The molecule has 0 radical (unpaired) electrons. The first kappa shape index (κ1) is 12.9. The molecule has 0 aliphatic heterocycles. The van der Waals surface area contributed by atoms with Crippen molar-refractivity contribution in [2.24, 2.45) is 5.92 Å². The minimum atomic E-state index is -0.421. The minimum Gasteiger partial charge on any atom is -0.398 e. The van der Waals surface area contributed by atoms with Gasteiger partial charge in [0.05, 0.1) is 5.56 Å². The molecule has 0 heterocycles. The molecule has 98 valence electrons. The molecule has 2 rings (SSSR count). The van der Waals surface area contributed by atoms with Crippen molar-refractivity contribution in [1.82, 2.24) is 5.32 Å². The van der Waals surface area contributed by atoms with Crippen molar-refractivity contribution < 1.29 is 9.18 Å². The van der Waals surface area contributed by atoms with E-state index in [1.54, 1.807) is 0 Å². The molecule has 1 aromatic rings. The molecular weight excluding hydrogens is 231 g/mol. The Kier molecular flexibility index (Phi) is 3.84. The third-order valence-electron chi connectivity index (χ3n) is 3.53. The molecule has 4 heteroatoms. The predicted octanol–water partition coefficient (Wildman–Crippen LogP) is 2.72. The molecule has 0 aromatic heterocycles. The first-order valence-electron chi connectivity index (χ1n) is 6.42. The molecule has 1 aromatic carbocycles. The molecule has 2 atom stereocenters. The maximum absolute atomic E-state index is 12.9. The van der Waals surface area contributed by atoms with Crippen molar-refractivity contribution in [3.8, 4) is 0 Å². The number of nitrogens with one attached hydrogen (secondary N) is 1. The van der Waals surface area contributed by atoms with Crippen LogP contribution in [0.25, 0.3) is 0 Å². The largest absolute Gasteiger partial charge is 0.398 e. The smallest absolute Gasteiger partial charge is 0.253 e. The summed E-state index contributed by atoms with van der Waals surface area (Å²) in [5.41, 5.74) is 6.20. The molecule has 0 saturated heterocycles. The van der Waals surface area contributed by atoms with Crippen LogP contribution in [0, 0.1) is 11.7 Å². The van der Waals surface area contributed by atoms with Crippen molar-refractivity contribution in [2.45, 2.75) is 38.6 Å². The normalized spacial score (nSPS) is 23.7. The van der Waals surface area contributed by atoms with E-state index >= 15 is 0 Å². The van der Waals surface area contributed by atoms with Gasteiger partial charge in [0.25, 0.3) is 5.91 Å². The first-order chi connectivity index (χ1) is 8.56. The van der Waals surface area contributed by atoms with Crippen LogP contribution in [0.15, 0.2) is 18.2 Å². The number of hydrogen-bond donors (Lipinski definition) is 2. The lowest BCUT2D eigenvalue weighted by atomic mass is 9.87. The summed E-state index contributed by atoms with van der Waals surface area (Å²) in [6.07, 6.45) is 4.39. The lowest BCUT2D eigenvalue weighted by Gasteiger charge is -2.27. The highest BCUT2D eigenvalue weighted by molar-refractivity contribution is 5.99. The Morgan fingerprint density at radius 1 is 1.44 bits per heavy atom. The lowest BCUT2D eigenvalue weighted by molar-refractivity contribution is 0.0922. The van der Waals surface area contributed by atoms with E-state index in [1.807, 2.05) is 0 Å². The molecule has 0 spiro atoms. The summed E-state index contributed by atoms with van der Waals surface area (Å²) in [4.78, 5) is 12.0. The van der Waals surface area contributed by atoms with Gasteiger partial charge in [0.2, 0.25) is 0 Å². The summed E-state index contributed by atoms with van der Waals surface area (Å²) < 4.78 is 12.9. The summed E-state index contributed by atoms with van der Waals surface area (Å²) in [6.45, 7) is 2.20. The number of hydrogen-bond acceptors (Lipinski definition) is 2. The molecule has 2 unspecified atom stereocenters. The average Bonchev–Trinajstić information content (AvgIpc) is 2.28. The van der Waals surface area contributed by atoms with Gasteiger partial charge in [-0.3, -0.25) is 4.79 Å². The van der Waals surface area contributed by atoms with Crippen LogP contribution in [0.4, 0.5) is 10.1 Å². The molecule has 1 amide bonds. The van der Waals surface area contributed by atoms with E-state index in [4.69, 9.17) is 5.73 Å². The second-order valence-corrected chi connectivity index (χ2v) is 5.17. The third-order valence-corrected chi connectivity index (χ3v) is 3.53. The Balaban J connectivity index is 2.03. The maximum atomic E-state index is 12.9. The van der Waals surface area contributed by atoms with E-state index in [1.165, 1.54) is 24.6 Å². The Bertz CT molecular complexity index is 447. The van der Waals surface area contributed by atoms with Gasteiger partial charge >= 0.3 is 0 Å². The maximum Gasteiger partial charge on any atom is 0.253 e. The van der Waals surface area contributed by atoms with Crippen LogP contribution in [0.5, 0.6) is 0 Å². The lowest BCUT2D eigenvalue weighted by Crippen LogP contribution is -2.38. The van der Waals surface area contributed by atoms with Gasteiger partial charge < -0.3 is 11.1 Å². The van der Waals surface area contributed by atoms with Gasteiger partial charge in [-0.2, -0.15) is 0 Å². The first-order valence-corrected chi connectivity index (χ1v) is 6.42. The van der Waals surface area contributed by atoms with Crippen LogP contribution >= 0.6 is 0 Å². The monoisotopic (exact) mass is 250 g/mol. The zero-order chi connectivity index (χ0) is 13.1. The number of anilines is 1. The predicted molar refractivity (Wildman–Crippen MR) is 69.7 cm³/mol. The summed E-state index contributed by atoms with van der Waals surface area (Å²) in [5, 5.41) is 2.98. The molecule has 1 saturated carbocycles. The fourth-order valence-electron chi connectivity index (χ4n) is 2.57. The standard InChI is InChI=1S/C14H19FN2O/c1-9-3-2-4-11(7-9)17-14(18)12-6-5-10(15)8-13(12)16/h5-6,8-9,11H,2-4,7,16H2,1H3,(H,17,18). The van der Waals surface area contributed by atoms with Crippen molar-refractivity contribution in [1.29, 1.82) is 0 Å². The fourth-order valence-corrected chi connectivity index (χ4v) is 2.57. The van der Waals surface area contributed by atoms with Gasteiger partial charge in [0, 0.05) is 11.7 Å². The summed E-state index contributed by atoms with van der Waals surface area (Å²) in [6, 6.07) is 4.09. The van der Waals surface area contributed by atoms with Crippen LogP contribution in [-0.4, -0.2) is 11.9 Å². The summed E-state index contributed by atoms with van der Waals surface area (Å²) in [7, 11) is 0. The highest BCUT2D eigenvalue weighted by atomic mass is 19.1. The number of carbonyl (C=O) groups is 1. The van der Waals surface area contributed by atoms with E-state index in [9.17, 15) is 9.18 Å². The number of nitrogen functional groups attached to an aromatic ring is 1. The van der Waals surface area contributed by atoms with E-state index in [2.05, 4.69) is 12.2 Å². The number of halogens is 1. The Morgan fingerprint density at radius 2 is 2.22 bits per heavy atom. The van der Waals surface area contributed by atoms with Gasteiger partial charge in [0.15, 0.2) is 0 Å². The molecule has 0 bridgehead atoms. The van der Waals surface area contributed by atoms with E-state index in [-0.39, 0.29) is 17.6 Å². The van der Waals surface area contributed by atoms with Gasteiger partial charge in [0.1, 0.15) is 5.82 Å². The second-order valence-electron chi connectivity index (χ2n) is 5.17. The van der Waals surface area contributed by atoms with Gasteiger partial charge in [-0.25, -0.2) is 4.39 Å². The number of benzene rings is 1. The number of amides is 1. The second kappa shape index (κ2) is 5.38. The van der Waals surface area contributed by atoms with Crippen molar-refractivity contribution in [3.63, 3.8) is 0 Å². The van der Waals surface area contributed by atoms with Crippen molar-refractivity contribution in [2.75, 3.05) is 5.73 Å². The summed E-state index contributed by atoms with van der Waals surface area (Å²) in [5.74, 6) is 0.0246. The molecular formula is C14H19FN2O. The minimum absolute atomic E-state index is 0.191. The van der Waals surface area contributed by atoms with Crippen LogP contribution in [0.2, 0.25) is 0 Å². The zero-order valence-electron chi connectivity index (χ0n) is 10.6. The SMILES string of the molecule is CC1CCCC(NC(=O)c2ccc(F)cc2N)C1. The zero-order valence-corrected chi connectivity index (χ0v) is 10.6. The number of carbonyl (C=O) groups excluding carboxylic acids is 1. The Labute approximate surface area is 107 Å². The molecule has 1 aliphatic carbocycles. The topological polar surface area (TPSA) is 55.1 Å².